The fraction of sp³-hybridized carbons (Fsp3) is 0.727. The smallest absolute Gasteiger partial charge is 0.334 e. The van der Waals surface area contributed by atoms with Gasteiger partial charge in [0.25, 0.3) is 0 Å². The number of rotatable bonds is 6. The highest BCUT2D eigenvalue weighted by atomic mass is 16.6. The molecule has 0 aliphatic carbocycles. The van der Waals surface area contributed by atoms with Crippen molar-refractivity contribution in [3.8, 4) is 0 Å². The van der Waals surface area contributed by atoms with Crippen LogP contribution < -0.4 is 11.1 Å². The summed E-state index contributed by atoms with van der Waals surface area (Å²) in [6, 6.07) is -0.503. The molecule has 4 N–H and O–H groups in total. The van der Waals surface area contributed by atoms with Crippen LogP contribution in [0, 0.1) is 10.1 Å². The summed E-state index contributed by atoms with van der Waals surface area (Å²) < 4.78 is 1.43. The van der Waals surface area contributed by atoms with Crippen molar-refractivity contribution in [3.63, 3.8) is 0 Å². The van der Waals surface area contributed by atoms with E-state index in [0.717, 1.165) is 0 Å². The van der Waals surface area contributed by atoms with Gasteiger partial charge < -0.3 is 16.2 Å². The van der Waals surface area contributed by atoms with Crippen LogP contribution in [-0.2, 0) is 7.05 Å². The molecule has 19 heavy (non-hydrogen) atoms. The molecule has 108 valence electrons. The number of nitrogens with zero attached hydrogens (tertiary/aromatic N) is 3. The molecular formula is C11H21N5O3. The first-order valence-electron chi connectivity index (χ1n) is 6.14. The summed E-state index contributed by atoms with van der Waals surface area (Å²) >= 11 is 0. The van der Waals surface area contributed by atoms with Gasteiger partial charge in [-0.1, -0.05) is 13.8 Å². The number of hydrogen-bond donors (Lipinski definition) is 3. The van der Waals surface area contributed by atoms with Gasteiger partial charge in [0.15, 0.2) is 0 Å². The summed E-state index contributed by atoms with van der Waals surface area (Å²) in [5.74, 6) is 0.261. The molecule has 1 aromatic heterocycles. The molecule has 8 nitrogen and oxygen atoms in total. The Labute approximate surface area is 111 Å². The molecule has 0 bridgehead atoms. The van der Waals surface area contributed by atoms with Crippen LogP contribution in [-0.4, -0.2) is 38.5 Å². The Kier molecular flexibility index (Phi) is 4.84. The number of anilines is 1. The number of aryl methyl sites for hydroxylation is 1. The largest absolute Gasteiger partial charge is 0.392 e. The van der Waals surface area contributed by atoms with Gasteiger partial charge in [-0.3, -0.25) is 10.1 Å². The molecule has 0 amide bonds. The molecule has 2 atom stereocenters. The average molecular weight is 271 g/mol. The molecule has 0 aliphatic rings. The number of nitrogens with one attached hydrogen (secondary N) is 1. The van der Waals surface area contributed by atoms with E-state index in [0.29, 0.717) is 11.5 Å². The van der Waals surface area contributed by atoms with E-state index in [2.05, 4.69) is 10.4 Å². The molecule has 2 unspecified atom stereocenters. The van der Waals surface area contributed by atoms with Crippen LogP contribution in [0.4, 0.5) is 11.5 Å². The molecule has 1 heterocycles. The maximum Gasteiger partial charge on any atom is 0.334 e. The monoisotopic (exact) mass is 271 g/mol. The number of aromatic nitrogens is 2. The van der Waals surface area contributed by atoms with Crippen LogP contribution in [0.15, 0.2) is 0 Å². The summed E-state index contributed by atoms with van der Waals surface area (Å²) in [5.41, 5.74) is 6.09. The maximum atomic E-state index is 11.2. The summed E-state index contributed by atoms with van der Waals surface area (Å²) in [6.07, 6.45) is -0.690. The molecule has 0 aromatic carbocycles. The molecule has 1 aromatic rings. The van der Waals surface area contributed by atoms with E-state index >= 15 is 0 Å². The van der Waals surface area contributed by atoms with Gasteiger partial charge in [-0.25, -0.2) is 4.68 Å². The molecular weight excluding hydrogens is 250 g/mol. The molecule has 0 saturated heterocycles. The van der Waals surface area contributed by atoms with Crippen molar-refractivity contribution in [2.24, 2.45) is 12.8 Å². The van der Waals surface area contributed by atoms with Gasteiger partial charge in [0.2, 0.25) is 5.82 Å². The number of aliphatic hydroxyl groups excluding tert-OH is 1. The van der Waals surface area contributed by atoms with Gasteiger partial charge in [-0.05, 0) is 6.92 Å². The lowest BCUT2D eigenvalue weighted by atomic mass is 10.1. The topological polar surface area (TPSA) is 119 Å². The van der Waals surface area contributed by atoms with Gasteiger partial charge in [0.1, 0.15) is 5.69 Å². The van der Waals surface area contributed by atoms with Crippen LogP contribution >= 0.6 is 0 Å². The number of aliphatic hydroxyl groups is 1. The number of hydrogen-bond acceptors (Lipinski definition) is 6. The van der Waals surface area contributed by atoms with E-state index in [-0.39, 0.29) is 18.2 Å². The van der Waals surface area contributed by atoms with Gasteiger partial charge >= 0.3 is 5.69 Å². The highest BCUT2D eigenvalue weighted by Gasteiger charge is 2.28. The van der Waals surface area contributed by atoms with Crippen molar-refractivity contribution in [1.29, 1.82) is 0 Å². The third-order valence-electron chi connectivity index (χ3n) is 2.90. The Balaban J connectivity index is 3.03. The quantitative estimate of drug-likeness (QED) is 0.514. The lowest BCUT2D eigenvalue weighted by Crippen LogP contribution is -2.39. The number of nitrogens with two attached hydrogens (primary N) is 1. The standard InChI is InChI=1S/C11H21N5O3/c1-6(2)9-10(16(18)19)11(15(4)14-9)13-5-8(12)7(3)17/h6-8,13,17H,5,12H2,1-4H3. The van der Waals surface area contributed by atoms with Gasteiger partial charge in [0.05, 0.1) is 11.0 Å². The van der Waals surface area contributed by atoms with Crippen molar-refractivity contribution in [2.45, 2.75) is 38.8 Å². The van der Waals surface area contributed by atoms with Gasteiger partial charge in [0, 0.05) is 25.6 Å². The fourth-order valence-corrected chi connectivity index (χ4v) is 1.69. The third kappa shape index (κ3) is 3.42. The average Bonchev–Trinajstić information content (AvgIpc) is 2.63. The second-order valence-corrected chi connectivity index (χ2v) is 4.90. The minimum atomic E-state index is -0.690. The molecule has 8 heteroatoms. The molecule has 0 spiro atoms. The molecule has 1 rings (SSSR count). The SMILES string of the molecule is CC(C)c1nn(C)c(NCC(N)C(C)O)c1[N+](=O)[O-]. The van der Waals surface area contributed by atoms with Gasteiger partial charge in [-0.15, -0.1) is 0 Å². The zero-order valence-electron chi connectivity index (χ0n) is 11.6. The first-order chi connectivity index (χ1) is 8.75. The van der Waals surface area contributed by atoms with Crippen molar-refractivity contribution in [3.05, 3.63) is 15.8 Å². The molecule has 0 saturated carbocycles. The second kappa shape index (κ2) is 5.98. The van der Waals surface area contributed by atoms with Crippen LogP contribution in [0.1, 0.15) is 32.4 Å². The van der Waals surface area contributed by atoms with Crippen LogP contribution in [0.25, 0.3) is 0 Å². The van der Waals surface area contributed by atoms with Crippen LogP contribution in [0.2, 0.25) is 0 Å². The predicted octanol–water partition coefficient (Wildman–Crippen LogP) is 0.572. The van der Waals surface area contributed by atoms with E-state index in [4.69, 9.17) is 5.73 Å². The van der Waals surface area contributed by atoms with E-state index in [1.807, 2.05) is 13.8 Å². The van der Waals surface area contributed by atoms with Gasteiger partial charge in [-0.2, -0.15) is 5.10 Å². The number of nitro groups is 1. The Morgan fingerprint density at radius 1 is 1.53 bits per heavy atom. The third-order valence-corrected chi connectivity index (χ3v) is 2.90. The maximum absolute atomic E-state index is 11.2. The van der Waals surface area contributed by atoms with E-state index in [9.17, 15) is 15.2 Å². The van der Waals surface area contributed by atoms with E-state index < -0.39 is 17.1 Å². The summed E-state index contributed by atoms with van der Waals surface area (Å²) in [5, 5.41) is 27.5. The van der Waals surface area contributed by atoms with E-state index in [1.165, 1.54) is 4.68 Å². The van der Waals surface area contributed by atoms with Crippen LogP contribution in [0.3, 0.4) is 0 Å². The summed E-state index contributed by atoms with van der Waals surface area (Å²) in [4.78, 5) is 10.7. The van der Waals surface area contributed by atoms with Crippen molar-refractivity contribution >= 4 is 11.5 Å². The van der Waals surface area contributed by atoms with Crippen molar-refractivity contribution in [1.82, 2.24) is 9.78 Å². The minimum Gasteiger partial charge on any atom is -0.392 e. The van der Waals surface area contributed by atoms with Crippen molar-refractivity contribution in [2.75, 3.05) is 11.9 Å². The normalized spacial score (nSPS) is 14.5. The Hall–Kier alpha value is -1.67. The zero-order valence-corrected chi connectivity index (χ0v) is 11.6. The molecule has 0 radical (unpaired) electrons. The summed E-state index contributed by atoms with van der Waals surface area (Å²) in [7, 11) is 1.63. The highest BCUT2D eigenvalue weighted by Crippen LogP contribution is 2.32. The Morgan fingerprint density at radius 3 is 2.53 bits per heavy atom. The fourth-order valence-electron chi connectivity index (χ4n) is 1.69. The lowest BCUT2D eigenvalue weighted by Gasteiger charge is -2.15. The lowest BCUT2D eigenvalue weighted by molar-refractivity contribution is -0.384. The van der Waals surface area contributed by atoms with E-state index in [1.54, 1.807) is 14.0 Å². The Bertz CT molecular complexity index is 455. The predicted molar refractivity (Wildman–Crippen MR) is 72.1 cm³/mol. The molecule has 0 aliphatic heterocycles. The Morgan fingerprint density at radius 2 is 2.11 bits per heavy atom. The first-order valence-corrected chi connectivity index (χ1v) is 6.14. The minimum absolute atomic E-state index is 0.0321. The second-order valence-electron chi connectivity index (χ2n) is 4.90. The zero-order chi connectivity index (χ0) is 14.7. The first kappa shape index (κ1) is 15.4. The summed E-state index contributed by atoms with van der Waals surface area (Å²) in [6.45, 7) is 5.50. The molecule has 0 fully saturated rings. The van der Waals surface area contributed by atoms with Crippen LogP contribution in [0.5, 0.6) is 0 Å². The highest BCUT2D eigenvalue weighted by molar-refractivity contribution is 5.60. The van der Waals surface area contributed by atoms with Crippen molar-refractivity contribution < 1.29 is 10.0 Å².